The second-order valence-corrected chi connectivity index (χ2v) is 7.73. The van der Waals surface area contributed by atoms with Crippen LogP contribution < -0.4 is 10.6 Å². The van der Waals surface area contributed by atoms with Gasteiger partial charge in [0, 0.05) is 33.5 Å². The van der Waals surface area contributed by atoms with E-state index in [1.54, 1.807) is 42.5 Å². The minimum absolute atomic E-state index is 0.192. The Balaban J connectivity index is 1.31. The Hall–Kier alpha value is -4.59. The topological polar surface area (TPSA) is 119 Å². The third kappa shape index (κ3) is 4.75. The quantitative estimate of drug-likeness (QED) is 0.431. The molecule has 0 aliphatic heterocycles. The summed E-state index contributed by atoms with van der Waals surface area (Å²) in [6.07, 6.45) is 0. The molecule has 4 rings (SSSR count). The number of amides is 2. The molecule has 0 aromatic heterocycles. The van der Waals surface area contributed by atoms with Crippen LogP contribution in [0.4, 0.5) is 5.69 Å². The highest BCUT2D eigenvalue weighted by molar-refractivity contribution is 6.28. The summed E-state index contributed by atoms with van der Waals surface area (Å²) >= 11 is 0. The second kappa shape index (κ2) is 9.50. The van der Waals surface area contributed by atoms with E-state index in [1.165, 1.54) is 18.2 Å². The summed E-state index contributed by atoms with van der Waals surface area (Å²) in [5, 5.41) is 4.97. The van der Waals surface area contributed by atoms with Crippen LogP contribution in [0.5, 0.6) is 0 Å². The molecule has 0 spiro atoms. The minimum Gasteiger partial charge on any atom is -0.454 e. The highest BCUT2D eigenvalue weighted by atomic mass is 16.5. The summed E-state index contributed by atoms with van der Waals surface area (Å²) < 4.78 is 4.90. The first-order valence-electron chi connectivity index (χ1n) is 10.5. The van der Waals surface area contributed by atoms with E-state index in [4.69, 9.17) is 4.74 Å². The molecular weight excluding hydrogens is 436 g/mol. The number of esters is 1. The Morgan fingerprint density at radius 2 is 1.47 bits per heavy atom. The normalized spacial score (nSPS) is 11.8. The molecule has 170 valence electrons. The molecule has 34 heavy (non-hydrogen) atoms. The van der Waals surface area contributed by atoms with Gasteiger partial charge in [-0.15, -0.1) is 0 Å². The van der Waals surface area contributed by atoms with Crippen LogP contribution in [0.2, 0.25) is 0 Å². The lowest BCUT2D eigenvalue weighted by atomic mass is 9.84. The molecule has 8 nitrogen and oxygen atoms in total. The molecule has 2 amide bonds. The Labute approximate surface area is 194 Å². The van der Waals surface area contributed by atoms with Gasteiger partial charge in [-0.25, -0.2) is 0 Å². The van der Waals surface area contributed by atoms with Gasteiger partial charge < -0.3 is 15.4 Å². The van der Waals surface area contributed by atoms with Crippen LogP contribution in [0.25, 0.3) is 0 Å². The Morgan fingerprint density at radius 1 is 0.794 bits per heavy atom. The predicted molar refractivity (Wildman–Crippen MR) is 123 cm³/mol. The summed E-state index contributed by atoms with van der Waals surface area (Å²) in [4.78, 5) is 61.6. The van der Waals surface area contributed by atoms with E-state index in [1.807, 2.05) is 13.0 Å². The number of anilines is 1. The van der Waals surface area contributed by atoms with Crippen molar-refractivity contribution < 1.29 is 28.7 Å². The highest BCUT2D eigenvalue weighted by Crippen LogP contribution is 2.29. The van der Waals surface area contributed by atoms with Crippen LogP contribution in [0.3, 0.4) is 0 Å². The van der Waals surface area contributed by atoms with Crippen molar-refractivity contribution in [3.63, 3.8) is 0 Å². The van der Waals surface area contributed by atoms with Crippen molar-refractivity contribution in [1.29, 1.82) is 0 Å². The first-order chi connectivity index (χ1) is 16.3. The van der Waals surface area contributed by atoms with Gasteiger partial charge in [0.2, 0.25) is 0 Å². The van der Waals surface area contributed by atoms with Crippen molar-refractivity contribution in [2.24, 2.45) is 0 Å². The average Bonchev–Trinajstić information content (AvgIpc) is 2.84. The van der Waals surface area contributed by atoms with E-state index in [0.717, 1.165) is 5.56 Å². The zero-order chi connectivity index (χ0) is 24.2. The molecular formula is C26H20N2O6. The van der Waals surface area contributed by atoms with Gasteiger partial charge in [0.25, 0.3) is 11.8 Å². The SMILES string of the molecule is Cc1cccc(C(=O)NCC(=O)OCC(=O)Nc2ccc3c(c2)C(=O)c2ccccc2C3=O)c1. The molecule has 1 aliphatic carbocycles. The van der Waals surface area contributed by atoms with E-state index >= 15 is 0 Å². The fraction of sp³-hybridized carbons (Fsp3) is 0.115. The lowest BCUT2D eigenvalue weighted by Gasteiger charge is -2.18. The zero-order valence-electron chi connectivity index (χ0n) is 18.2. The van der Waals surface area contributed by atoms with E-state index < -0.39 is 30.9 Å². The minimum atomic E-state index is -0.779. The lowest BCUT2D eigenvalue weighted by molar-refractivity contribution is -0.146. The zero-order valence-corrected chi connectivity index (χ0v) is 18.2. The van der Waals surface area contributed by atoms with Crippen LogP contribution in [0.15, 0.2) is 66.7 Å². The molecule has 0 unspecified atom stereocenters. The fourth-order valence-corrected chi connectivity index (χ4v) is 3.61. The van der Waals surface area contributed by atoms with Gasteiger partial charge in [0.15, 0.2) is 18.2 Å². The van der Waals surface area contributed by atoms with E-state index in [-0.39, 0.29) is 28.4 Å². The lowest BCUT2D eigenvalue weighted by Crippen LogP contribution is -2.32. The molecule has 0 bridgehead atoms. The van der Waals surface area contributed by atoms with Gasteiger partial charge in [-0.3, -0.25) is 24.0 Å². The van der Waals surface area contributed by atoms with Crippen molar-refractivity contribution in [3.05, 3.63) is 100 Å². The third-order valence-corrected chi connectivity index (χ3v) is 5.25. The summed E-state index contributed by atoms with van der Waals surface area (Å²) in [7, 11) is 0. The van der Waals surface area contributed by atoms with Crippen LogP contribution in [0.1, 0.15) is 47.8 Å². The van der Waals surface area contributed by atoms with Gasteiger partial charge in [-0.1, -0.05) is 42.0 Å². The van der Waals surface area contributed by atoms with Crippen LogP contribution >= 0.6 is 0 Å². The number of hydrogen-bond acceptors (Lipinski definition) is 6. The monoisotopic (exact) mass is 456 g/mol. The maximum atomic E-state index is 12.8. The number of fused-ring (bicyclic) bond motifs is 2. The van der Waals surface area contributed by atoms with Crippen molar-refractivity contribution >= 4 is 35.0 Å². The maximum Gasteiger partial charge on any atom is 0.325 e. The number of nitrogens with one attached hydrogen (secondary N) is 2. The molecule has 1 aliphatic rings. The molecule has 0 fully saturated rings. The first kappa shape index (κ1) is 22.6. The predicted octanol–water partition coefficient (Wildman–Crippen LogP) is 2.68. The second-order valence-electron chi connectivity index (χ2n) is 7.73. The number of rotatable bonds is 6. The molecule has 3 aromatic carbocycles. The van der Waals surface area contributed by atoms with Gasteiger partial charge in [-0.05, 0) is 37.3 Å². The molecule has 3 aromatic rings. The number of aryl methyl sites for hydroxylation is 1. The van der Waals surface area contributed by atoms with Crippen molar-refractivity contribution in [3.8, 4) is 0 Å². The fourth-order valence-electron chi connectivity index (χ4n) is 3.61. The molecule has 0 atom stereocenters. The van der Waals surface area contributed by atoms with Crippen molar-refractivity contribution in [2.45, 2.75) is 6.92 Å². The summed E-state index contributed by atoms with van der Waals surface area (Å²) in [6.45, 7) is 0.875. The van der Waals surface area contributed by atoms with Crippen LogP contribution in [-0.4, -0.2) is 42.5 Å². The Bertz CT molecular complexity index is 1340. The van der Waals surface area contributed by atoms with Crippen molar-refractivity contribution in [2.75, 3.05) is 18.5 Å². The highest BCUT2D eigenvalue weighted by Gasteiger charge is 2.29. The molecule has 2 N–H and O–H groups in total. The Morgan fingerprint density at radius 3 is 2.18 bits per heavy atom. The Kier molecular flexibility index (Phi) is 6.31. The number of carbonyl (C=O) groups is 5. The standard InChI is InChI=1S/C26H20N2O6/c1-15-5-4-6-16(11-15)26(33)27-13-23(30)34-14-22(29)28-17-9-10-20-21(12-17)25(32)19-8-3-2-7-18(19)24(20)31/h2-12H,13-14H2,1H3,(H,27,33)(H,28,29). The van der Waals surface area contributed by atoms with E-state index in [2.05, 4.69) is 10.6 Å². The molecule has 0 heterocycles. The number of ether oxygens (including phenoxy) is 1. The molecule has 0 saturated carbocycles. The van der Waals surface area contributed by atoms with E-state index in [9.17, 15) is 24.0 Å². The molecule has 0 saturated heterocycles. The molecule has 0 radical (unpaired) electrons. The van der Waals surface area contributed by atoms with Gasteiger partial charge in [0.05, 0.1) is 0 Å². The average molecular weight is 456 g/mol. The van der Waals surface area contributed by atoms with Gasteiger partial charge in [-0.2, -0.15) is 0 Å². The molecule has 8 heteroatoms. The van der Waals surface area contributed by atoms with Gasteiger partial charge in [0.1, 0.15) is 6.54 Å². The van der Waals surface area contributed by atoms with Crippen LogP contribution in [0, 0.1) is 6.92 Å². The van der Waals surface area contributed by atoms with Crippen molar-refractivity contribution in [1.82, 2.24) is 5.32 Å². The summed E-state index contributed by atoms with van der Waals surface area (Å²) in [5.41, 5.74) is 2.71. The van der Waals surface area contributed by atoms with Crippen LogP contribution in [-0.2, 0) is 14.3 Å². The number of benzene rings is 3. The number of carbonyl (C=O) groups excluding carboxylic acids is 5. The largest absolute Gasteiger partial charge is 0.454 e. The summed E-state index contributed by atoms with van der Waals surface area (Å²) in [6, 6.07) is 17.8. The summed E-state index contributed by atoms with van der Waals surface area (Å²) in [5.74, 6) is -2.41. The third-order valence-electron chi connectivity index (χ3n) is 5.25. The number of hydrogen-bond donors (Lipinski definition) is 2. The van der Waals surface area contributed by atoms with Gasteiger partial charge >= 0.3 is 5.97 Å². The first-order valence-corrected chi connectivity index (χ1v) is 10.5. The van der Waals surface area contributed by atoms with E-state index in [0.29, 0.717) is 16.7 Å². The smallest absolute Gasteiger partial charge is 0.325 e. The number of ketones is 2. The maximum absolute atomic E-state index is 12.8.